The highest BCUT2D eigenvalue weighted by molar-refractivity contribution is 14.1. The van der Waals surface area contributed by atoms with Crippen molar-refractivity contribution in [1.29, 1.82) is 0 Å². The van der Waals surface area contributed by atoms with E-state index in [1.54, 1.807) is 0 Å². The number of carbonyl (C=O) groups excluding carboxylic acids is 4. The second-order valence-electron chi connectivity index (χ2n) is 6.34. The number of ether oxygens (including phenoxy) is 5. The molecule has 1 aromatic rings. The first kappa shape index (κ1) is 24.0. The van der Waals surface area contributed by atoms with Gasteiger partial charge in [-0.05, 0) is 0 Å². The predicted octanol–water partition coefficient (Wildman–Crippen LogP) is 0.469. The van der Waals surface area contributed by atoms with E-state index in [1.165, 1.54) is 24.9 Å². The van der Waals surface area contributed by atoms with E-state index < -0.39 is 54.5 Å². The molecule has 2 heterocycles. The Bertz CT molecular complexity index is 799. The highest BCUT2D eigenvalue weighted by Crippen LogP contribution is 2.35. The van der Waals surface area contributed by atoms with Crippen LogP contribution in [-0.4, -0.2) is 69.7 Å². The van der Waals surface area contributed by atoms with Crippen LogP contribution in [0.5, 0.6) is 0 Å². The van der Waals surface area contributed by atoms with Crippen molar-refractivity contribution in [1.82, 2.24) is 14.8 Å². The second kappa shape index (κ2) is 10.7. The summed E-state index contributed by atoms with van der Waals surface area (Å²) < 4.78 is 28.9. The average Bonchev–Trinajstić information content (AvgIpc) is 3.10. The maximum absolute atomic E-state index is 11.8. The Morgan fingerprint density at radius 3 is 2.07 bits per heavy atom. The van der Waals surface area contributed by atoms with Gasteiger partial charge in [-0.2, -0.15) is 5.10 Å². The second-order valence-corrected chi connectivity index (χ2v) is 7.11. The van der Waals surface area contributed by atoms with E-state index in [1.807, 2.05) is 0 Å². The Morgan fingerprint density at radius 1 is 0.967 bits per heavy atom. The van der Waals surface area contributed by atoms with Crippen molar-refractivity contribution in [2.24, 2.45) is 0 Å². The minimum absolute atomic E-state index is 0.303. The summed E-state index contributed by atoms with van der Waals surface area (Å²) in [7, 11) is 0. The molecule has 5 atom stereocenters. The molecule has 1 aliphatic rings. The maximum atomic E-state index is 11.8. The Kier molecular flexibility index (Phi) is 8.52. The monoisotopic (exact) mass is 539 g/mol. The number of carbonyl (C=O) groups is 4. The third kappa shape index (κ3) is 6.10. The van der Waals surface area contributed by atoms with Gasteiger partial charge in [0.05, 0.1) is 4.43 Å². The summed E-state index contributed by atoms with van der Waals surface area (Å²) in [6.45, 7) is 4.40. The quantitative estimate of drug-likeness (QED) is 0.206. The number of rotatable bonds is 7. The molecule has 0 spiro atoms. The molecule has 166 valence electrons. The van der Waals surface area contributed by atoms with Crippen LogP contribution in [0.4, 0.5) is 0 Å². The molecule has 1 fully saturated rings. The van der Waals surface area contributed by atoms with Crippen LogP contribution in [-0.2, 0) is 47.3 Å². The SMILES string of the molecule is CC(=O)OC[C@H]1O[C@@H](n2ncnc2CI)[C@@H](OC(C)=O)[C@@H](OC(C)=O)[C@H]1OC(C)=O. The van der Waals surface area contributed by atoms with Crippen molar-refractivity contribution in [3.05, 3.63) is 12.2 Å². The molecule has 0 radical (unpaired) electrons. The Balaban J connectivity index is 2.53. The van der Waals surface area contributed by atoms with Crippen molar-refractivity contribution in [3.63, 3.8) is 0 Å². The number of halogens is 1. The number of esters is 4. The zero-order valence-corrected chi connectivity index (χ0v) is 18.9. The number of aromatic nitrogens is 3. The molecule has 2 rings (SSSR count). The lowest BCUT2D eigenvalue weighted by atomic mass is 9.97. The van der Waals surface area contributed by atoms with Crippen LogP contribution < -0.4 is 0 Å². The molecule has 1 aliphatic heterocycles. The minimum atomic E-state index is -1.25. The Hall–Kier alpha value is -2.29. The van der Waals surface area contributed by atoms with Crippen molar-refractivity contribution in [2.45, 2.75) is 62.8 Å². The first-order chi connectivity index (χ1) is 14.1. The van der Waals surface area contributed by atoms with Crippen LogP contribution in [0.1, 0.15) is 39.7 Å². The van der Waals surface area contributed by atoms with E-state index in [2.05, 4.69) is 32.7 Å². The van der Waals surface area contributed by atoms with Crippen molar-refractivity contribution in [2.75, 3.05) is 6.61 Å². The van der Waals surface area contributed by atoms with Crippen LogP contribution >= 0.6 is 22.6 Å². The van der Waals surface area contributed by atoms with Gasteiger partial charge in [0.25, 0.3) is 0 Å². The fourth-order valence-corrected chi connectivity index (χ4v) is 3.53. The first-order valence-corrected chi connectivity index (χ1v) is 10.4. The van der Waals surface area contributed by atoms with Crippen LogP contribution in [0.2, 0.25) is 0 Å². The smallest absolute Gasteiger partial charge is 0.303 e. The van der Waals surface area contributed by atoms with Crippen molar-refractivity contribution < 1.29 is 42.9 Å². The molecular weight excluding hydrogens is 517 g/mol. The summed E-state index contributed by atoms with van der Waals surface area (Å²) in [5, 5.41) is 4.13. The van der Waals surface area contributed by atoms with E-state index in [-0.39, 0.29) is 6.61 Å². The summed E-state index contributed by atoms with van der Waals surface area (Å²) in [6, 6.07) is 0. The lowest BCUT2D eigenvalue weighted by Gasteiger charge is -2.44. The lowest BCUT2D eigenvalue weighted by molar-refractivity contribution is -0.270. The molecule has 1 saturated heterocycles. The van der Waals surface area contributed by atoms with Gasteiger partial charge in [-0.25, -0.2) is 9.67 Å². The van der Waals surface area contributed by atoms with Gasteiger partial charge in [-0.15, -0.1) is 0 Å². The summed E-state index contributed by atoms with van der Waals surface area (Å²) >= 11 is 2.07. The number of nitrogens with zero attached hydrogens (tertiary/aromatic N) is 3. The van der Waals surface area contributed by atoms with Crippen molar-refractivity contribution in [3.8, 4) is 0 Å². The van der Waals surface area contributed by atoms with Crippen molar-refractivity contribution >= 4 is 46.5 Å². The summed E-state index contributed by atoms with van der Waals surface area (Å²) in [5.74, 6) is -2.16. The summed E-state index contributed by atoms with van der Waals surface area (Å²) in [6.07, 6.45) is -4.50. The molecule has 13 heteroatoms. The highest BCUT2D eigenvalue weighted by atomic mass is 127. The summed E-state index contributed by atoms with van der Waals surface area (Å²) in [5.41, 5.74) is 0. The average molecular weight is 539 g/mol. The number of hydrogen-bond acceptors (Lipinski definition) is 11. The Morgan fingerprint density at radius 2 is 1.53 bits per heavy atom. The topological polar surface area (TPSA) is 145 Å². The molecule has 0 amide bonds. The van der Waals surface area contributed by atoms with E-state index >= 15 is 0 Å². The fourth-order valence-electron chi connectivity index (χ4n) is 2.98. The predicted molar refractivity (Wildman–Crippen MR) is 105 cm³/mol. The van der Waals surface area contributed by atoms with Crippen LogP contribution in [0.25, 0.3) is 0 Å². The molecule has 1 aromatic heterocycles. The normalized spacial score (nSPS) is 25.8. The van der Waals surface area contributed by atoms with Gasteiger partial charge in [0.15, 0.2) is 24.5 Å². The molecule has 0 bridgehead atoms. The standard InChI is InChI=1S/C17H22IN3O9/c1-8(22)26-6-12-14(27-9(2)23)15(28-10(3)24)16(29-11(4)25)17(30-12)21-13(5-18)19-7-20-21/h7,12,14-17H,5-6H2,1-4H3/t12-,14+,15+,16+,17-/m1/s1. The number of alkyl halides is 1. The fraction of sp³-hybridized carbons (Fsp3) is 0.647. The van der Waals surface area contributed by atoms with E-state index in [0.29, 0.717) is 10.3 Å². The molecule has 30 heavy (non-hydrogen) atoms. The zero-order valence-electron chi connectivity index (χ0n) is 16.8. The van der Waals surface area contributed by atoms with Gasteiger partial charge in [-0.3, -0.25) is 19.2 Å². The van der Waals surface area contributed by atoms with E-state index in [9.17, 15) is 19.2 Å². The molecule has 0 aromatic carbocycles. The lowest BCUT2D eigenvalue weighted by Crippen LogP contribution is -2.60. The van der Waals surface area contributed by atoms with Gasteiger partial charge in [0.2, 0.25) is 0 Å². The molecular formula is C17H22IN3O9. The number of hydrogen-bond donors (Lipinski definition) is 0. The van der Waals surface area contributed by atoms with E-state index in [4.69, 9.17) is 23.7 Å². The molecule has 0 aliphatic carbocycles. The third-order valence-electron chi connectivity index (χ3n) is 3.97. The largest absolute Gasteiger partial charge is 0.463 e. The molecule has 0 saturated carbocycles. The van der Waals surface area contributed by atoms with Gasteiger partial charge in [0, 0.05) is 27.7 Å². The van der Waals surface area contributed by atoms with Gasteiger partial charge in [0.1, 0.15) is 24.9 Å². The minimum Gasteiger partial charge on any atom is -0.463 e. The summed E-state index contributed by atoms with van der Waals surface area (Å²) in [4.78, 5) is 50.7. The van der Waals surface area contributed by atoms with Gasteiger partial charge in [-0.1, -0.05) is 22.6 Å². The van der Waals surface area contributed by atoms with Gasteiger partial charge >= 0.3 is 23.9 Å². The van der Waals surface area contributed by atoms with Gasteiger partial charge < -0.3 is 23.7 Å². The molecule has 0 unspecified atom stereocenters. The first-order valence-electron chi connectivity index (χ1n) is 8.88. The van der Waals surface area contributed by atoms with E-state index in [0.717, 1.165) is 13.8 Å². The molecule has 12 nitrogen and oxygen atoms in total. The highest BCUT2D eigenvalue weighted by Gasteiger charge is 2.53. The molecule has 0 N–H and O–H groups in total. The maximum Gasteiger partial charge on any atom is 0.303 e. The third-order valence-corrected chi connectivity index (χ3v) is 4.66. The zero-order chi connectivity index (χ0) is 22.4. The van der Waals surface area contributed by atoms with Crippen LogP contribution in [0.3, 0.4) is 0 Å². The Labute approximate surface area is 185 Å². The van der Waals surface area contributed by atoms with Crippen LogP contribution in [0.15, 0.2) is 6.33 Å². The van der Waals surface area contributed by atoms with Crippen LogP contribution in [0, 0.1) is 0 Å².